The van der Waals surface area contributed by atoms with Gasteiger partial charge in [0.15, 0.2) is 5.82 Å². The van der Waals surface area contributed by atoms with E-state index in [2.05, 4.69) is 25.1 Å². The molecule has 340 valence electrons. The van der Waals surface area contributed by atoms with Gasteiger partial charge in [-0.3, -0.25) is 29.2 Å². The number of alkyl halides is 1. The number of pyridine rings is 1. The van der Waals surface area contributed by atoms with Crippen molar-refractivity contribution in [3.8, 4) is 11.1 Å². The second kappa shape index (κ2) is 18.0. The van der Waals surface area contributed by atoms with E-state index in [0.29, 0.717) is 41.5 Å². The van der Waals surface area contributed by atoms with E-state index in [0.717, 1.165) is 77.8 Å². The average Bonchev–Trinajstić information content (AvgIpc) is 3.99. The summed E-state index contributed by atoms with van der Waals surface area (Å²) in [5.74, 6) is -4.60. The number of nitrogens with one attached hydrogen (secondary N) is 3. The molecule has 3 saturated heterocycles. The zero-order valence-corrected chi connectivity index (χ0v) is 36.1. The van der Waals surface area contributed by atoms with E-state index in [4.69, 9.17) is 0 Å². The van der Waals surface area contributed by atoms with Crippen LogP contribution in [-0.2, 0) is 32.8 Å². The number of piperidine rings is 1. The number of nitrogens with zero attached hydrogens (tertiary/aromatic N) is 5. The van der Waals surface area contributed by atoms with Gasteiger partial charge in [0, 0.05) is 85.8 Å². The molecule has 3 aromatic carbocycles. The molecule has 4 N–H and O–H groups in total. The summed E-state index contributed by atoms with van der Waals surface area (Å²) in [7, 11) is -4.37. The van der Waals surface area contributed by atoms with Crippen LogP contribution in [0, 0.1) is 11.6 Å². The molecule has 0 radical (unpaired) electrons. The first-order chi connectivity index (χ1) is 31.2. The zero-order valence-electron chi connectivity index (χ0n) is 35.2. The van der Waals surface area contributed by atoms with Crippen molar-refractivity contribution in [1.82, 2.24) is 29.4 Å². The van der Waals surface area contributed by atoms with Crippen molar-refractivity contribution in [2.45, 2.75) is 63.4 Å². The zero-order chi connectivity index (χ0) is 45.6. The fourth-order valence-electron chi connectivity index (χ4n) is 9.32. The third kappa shape index (κ3) is 9.10. The number of carbonyl (C=O) groups excluding carboxylic acids is 4. The smallest absolute Gasteiger partial charge is 0.301 e. The molecule has 9 rings (SSSR count). The molecule has 0 spiro atoms. The lowest BCUT2D eigenvalue weighted by atomic mass is 9.99. The number of anilines is 2. The molecule has 5 aromatic rings. The number of carbonyl (C=O) groups is 4. The van der Waals surface area contributed by atoms with Crippen molar-refractivity contribution in [3.05, 3.63) is 113 Å². The topological polar surface area (TPSA) is 188 Å². The summed E-state index contributed by atoms with van der Waals surface area (Å²) >= 11 is 0. The minimum absolute atomic E-state index is 0.00413. The Kier molecular flexibility index (Phi) is 12.2. The number of aliphatic hydroxyl groups excluding tert-OH is 1. The van der Waals surface area contributed by atoms with Crippen LogP contribution in [0.5, 0.6) is 0 Å². The SMILES string of the molecule is O=C1CCC(N2Cc3cc(C[C@H](O)CN4CCCN(c5ccc(-c6cnc7[nH]cc(C(=O)c8c(F)ccc(NS(=O)(=O)N9CC[C@@H](F)C9)c8F)c7c6)cc5)CCC4)ccc3C2=O)C(=O)N1. The molecule has 0 aliphatic carbocycles. The summed E-state index contributed by atoms with van der Waals surface area (Å²) in [5.41, 5.74) is 3.38. The maximum absolute atomic E-state index is 15.8. The molecule has 65 heavy (non-hydrogen) atoms. The van der Waals surface area contributed by atoms with E-state index in [1.54, 1.807) is 18.3 Å². The number of benzene rings is 3. The number of fused-ring (bicyclic) bond motifs is 2. The Balaban J connectivity index is 0.801. The fraction of sp³-hybridized carbons (Fsp3) is 0.370. The Labute approximate surface area is 372 Å². The molecule has 2 aromatic heterocycles. The van der Waals surface area contributed by atoms with Crippen LogP contribution in [0.25, 0.3) is 22.2 Å². The Morgan fingerprint density at radius 3 is 2.43 bits per heavy atom. The lowest BCUT2D eigenvalue weighted by molar-refractivity contribution is -0.136. The molecule has 3 amide bonds. The Bertz CT molecular complexity index is 2800. The number of halogens is 3. The number of hydrogen-bond acceptors (Lipinski definition) is 10. The highest BCUT2D eigenvalue weighted by Gasteiger charge is 2.39. The van der Waals surface area contributed by atoms with Crippen molar-refractivity contribution in [2.75, 3.05) is 55.4 Å². The van der Waals surface area contributed by atoms with Crippen LogP contribution in [0.4, 0.5) is 24.5 Å². The van der Waals surface area contributed by atoms with E-state index in [9.17, 15) is 37.1 Å². The number of aliphatic hydroxyl groups is 1. The van der Waals surface area contributed by atoms with Gasteiger partial charge >= 0.3 is 10.2 Å². The maximum Gasteiger partial charge on any atom is 0.301 e. The number of ketones is 1. The summed E-state index contributed by atoms with van der Waals surface area (Å²) in [6.45, 7) is 3.46. The molecule has 3 fully saturated rings. The predicted octanol–water partition coefficient (Wildman–Crippen LogP) is 4.71. The van der Waals surface area contributed by atoms with Crippen LogP contribution in [0.3, 0.4) is 0 Å². The number of rotatable bonds is 12. The Morgan fingerprint density at radius 2 is 1.71 bits per heavy atom. The standard InChI is InChI=1S/C46H47F3N8O7S/c47-31-13-18-56(25-31)65(63,64)53-38-10-9-37(48)41(42(38)49)43(60)36-23-51-44-35(36)21-29(22-50-44)28-4-6-32(7-5-28)55-16-1-14-54(15-2-17-55)26-33(58)20-27-3-8-34-30(19-27)24-57(46(34)62)39-11-12-40(59)52-45(39)61/h3-10,19,21-23,31,33,39,53,58H,1-2,11-18,20,24-26H2,(H,50,51)(H,52,59,61)/t31-,33+,39?/m1/s1. The van der Waals surface area contributed by atoms with Gasteiger partial charge < -0.3 is 24.8 Å². The monoisotopic (exact) mass is 912 g/mol. The molecular weight excluding hydrogens is 866 g/mol. The molecule has 15 nitrogen and oxygen atoms in total. The normalized spacial score (nSPS) is 20.5. The van der Waals surface area contributed by atoms with Gasteiger partial charge in [-0.15, -0.1) is 0 Å². The van der Waals surface area contributed by atoms with Gasteiger partial charge in [-0.25, -0.2) is 18.2 Å². The Hall–Kier alpha value is -6.15. The lowest BCUT2D eigenvalue weighted by Crippen LogP contribution is -2.52. The van der Waals surface area contributed by atoms with Crippen LogP contribution in [-0.4, -0.2) is 125 Å². The number of β-amino-alcohol motifs (C(OH)–C–C–N with tert-alkyl or cyclic N) is 1. The van der Waals surface area contributed by atoms with Crippen LogP contribution < -0.4 is 14.9 Å². The first kappa shape index (κ1) is 44.1. The third-order valence-electron chi connectivity index (χ3n) is 12.7. The second-order valence-corrected chi connectivity index (χ2v) is 18.7. The largest absolute Gasteiger partial charge is 0.391 e. The van der Waals surface area contributed by atoms with Gasteiger partial charge in [0.05, 0.1) is 17.4 Å². The number of imide groups is 1. The van der Waals surface area contributed by atoms with Crippen LogP contribution in [0.1, 0.15) is 69.5 Å². The molecular formula is C46H47F3N8O7S. The molecule has 3 atom stereocenters. The number of hydrogen-bond donors (Lipinski definition) is 4. The minimum atomic E-state index is -4.37. The lowest BCUT2D eigenvalue weighted by Gasteiger charge is -2.32. The van der Waals surface area contributed by atoms with Crippen molar-refractivity contribution < 1.29 is 45.9 Å². The van der Waals surface area contributed by atoms with Crippen molar-refractivity contribution in [3.63, 3.8) is 0 Å². The number of H-pyrrole nitrogens is 1. The molecule has 4 aliphatic rings. The van der Waals surface area contributed by atoms with E-state index in [1.807, 2.05) is 41.1 Å². The van der Waals surface area contributed by atoms with Gasteiger partial charge in [-0.2, -0.15) is 12.7 Å². The van der Waals surface area contributed by atoms with Gasteiger partial charge in [0.2, 0.25) is 17.6 Å². The molecule has 0 bridgehead atoms. The quantitative estimate of drug-likeness (QED) is 0.101. The first-order valence-corrected chi connectivity index (χ1v) is 23.1. The molecule has 0 saturated carbocycles. The number of aromatic amines is 1. The van der Waals surface area contributed by atoms with Crippen LogP contribution in [0.15, 0.2) is 73.1 Å². The van der Waals surface area contributed by atoms with E-state index >= 15 is 8.78 Å². The van der Waals surface area contributed by atoms with Crippen LogP contribution in [0.2, 0.25) is 0 Å². The van der Waals surface area contributed by atoms with E-state index < -0.39 is 69.6 Å². The highest BCUT2D eigenvalue weighted by molar-refractivity contribution is 7.90. The van der Waals surface area contributed by atoms with Crippen molar-refractivity contribution in [1.29, 1.82) is 0 Å². The van der Waals surface area contributed by atoms with E-state index in [1.165, 1.54) is 11.1 Å². The van der Waals surface area contributed by atoms with Crippen molar-refractivity contribution in [2.24, 2.45) is 0 Å². The Morgan fingerprint density at radius 1 is 0.938 bits per heavy atom. The summed E-state index contributed by atoms with van der Waals surface area (Å²) < 4.78 is 73.1. The fourth-order valence-corrected chi connectivity index (χ4v) is 10.6. The summed E-state index contributed by atoms with van der Waals surface area (Å²) in [6.07, 6.45) is 3.58. The summed E-state index contributed by atoms with van der Waals surface area (Å²) in [4.78, 5) is 64.3. The minimum Gasteiger partial charge on any atom is -0.391 e. The number of aromatic nitrogens is 2. The molecule has 4 aliphatic heterocycles. The van der Waals surface area contributed by atoms with Crippen LogP contribution >= 0.6 is 0 Å². The number of amides is 3. The highest BCUT2D eigenvalue weighted by atomic mass is 32.2. The highest BCUT2D eigenvalue weighted by Crippen LogP contribution is 2.32. The van der Waals surface area contributed by atoms with Gasteiger partial charge in [0.25, 0.3) is 5.91 Å². The van der Waals surface area contributed by atoms with Gasteiger partial charge in [-0.05, 0) is 98.3 Å². The average molecular weight is 913 g/mol. The van der Waals surface area contributed by atoms with Crippen molar-refractivity contribution >= 4 is 56.1 Å². The maximum atomic E-state index is 15.8. The molecule has 6 heterocycles. The first-order valence-electron chi connectivity index (χ1n) is 21.7. The molecule has 1 unspecified atom stereocenters. The summed E-state index contributed by atoms with van der Waals surface area (Å²) in [6, 6.07) is 16.1. The second-order valence-electron chi connectivity index (χ2n) is 17.1. The molecule has 19 heteroatoms. The van der Waals surface area contributed by atoms with Gasteiger partial charge in [0.1, 0.15) is 23.7 Å². The third-order valence-corrected chi connectivity index (χ3v) is 14.2. The van der Waals surface area contributed by atoms with E-state index in [-0.39, 0.29) is 43.3 Å². The van der Waals surface area contributed by atoms with Gasteiger partial charge in [-0.1, -0.05) is 24.3 Å². The predicted molar refractivity (Wildman–Crippen MR) is 235 cm³/mol. The summed E-state index contributed by atoms with van der Waals surface area (Å²) in [5, 5.41) is 13.8.